The van der Waals surface area contributed by atoms with Crippen LogP contribution >= 0.6 is 0 Å². The van der Waals surface area contributed by atoms with Gasteiger partial charge in [0.25, 0.3) is 5.91 Å². The van der Waals surface area contributed by atoms with Gasteiger partial charge in [-0.05, 0) is 65.6 Å². The van der Waals surface area contributed by atoms with Gasteiger partial charge in [-0.25, -0.2) is 0 Å². The molecule has 0 bridgehead atoms. The lowest BCUT2D eigenvalue weighted by Crippen LogP contribution is -2.37. The molecule has 0 radical (unpaired) electrons. The molecule has 2 amide bonds. The highest BCUT2D eigenvalue weighted by Crippen LogP contribution is 2.25. The Balaban J connectivity index is 1.29. The van der Waals surface area contributed by atoms with Crippen LogP contribution in [0, 0.1) is 5.92 Å². The minimum atomic E-state index is 0.0743. The van der Waals surface area contributed by atoms with Crippen LogP contribution in [0.5, 0.6) is 0 Å². The fraction of sp³-hybridized carbons (Fsp3) is 0.286. The van der Waals surface area contributed by atoms with Crippen molar-refractivity contribution in [2.75, 3.05) is 13.1 Å². The predicted octanol–water partition coefficient (Wildman–Crippen LogP) is 4.62. The SMILES string of the molecule is O=C1NCCC[C@H]1Cc1ccc(-c2cccc(C(=O)N3CCc4ccccc4C3)c2)cc1. The fourth-order valence-corrected chi connectivity index (χ4v) is 4.83. The number of amides is 2. The van der Waals surface area contributed by atoms with Gasteiger partial charge < -0.3 is 10.2 Å². The van der Waals surface area contributed by atoms with Gasteiger partial charge in [0.15, 0.2) is 0 Å². The Morgan fingerprint density at radius 3 is 2.56 bits per heavy atom. The maximum atomic E-state index is 13.2. The van der Waals surface area contributed by atoms with Crippen molar-refractivity contribution >= 4 is 11.8 Å². The normalized spacial score (nSPS) is 18.1. The zero-order valence-electron chi connectivity index (χ0n) is 18.2. The predicted molar refractivity (Wildman–Crippen MR) is 126 cm³/mol. The highest BCUT2D eigenvalue weighted by atomic mass is 16.2. The molecule has 0 aromatic heterocycles. The molecule has 162 valence electrons. The summed E-state index contributed by atoms with van der Waals surface area (Å²) in [5, 5.41) is 2.96. The van der Waals surface area contributed by atoms with E-state index in [9.17, 15) is 9.59 Å². The van der Waals surface area contributed by atoms with Crippen LogP contribution in [0.15, 0.2) is 72.8 Å². The topological polar surface area (TPSA) is 49.4 Å². The maximum Gasteiger partial charge on any atom is 0.254 e. The van der Waals surface area contributed by atoms with Crippen LogP contribution in [0.25, 0.3) is 11.1 Å². The van der Waals surface area contributed by atoms with Gasteiger partial charge in [0.05, 0.1) is 0 Å². The lowest BCUT2D eigenvalue weighted by Gasteiger charge is -2.29. The van der Waals surface area contributed by atoms with E-state index in [2.05, 4.69) is 47.8 Å². The van der Waals surface area contributed by atoms with Crippen molar-refractivity contribution in [2.24, 2.45) is 5.92 Å². The number of hydrogen-bond acceptors (Lipinski definition) is 2. The smallest absolute Gasteiger partial charge is 0.254 e. The molecular weight excluding hydrogens is 396 g/mol. The molecule has 2 aliphatic heterocycles. The number of piperidine rings is 1. The molecule has 0 unspecified atom stereocenters. The second-order valence-electron chi connectivity index (χ2n) is 8.86. The highest BCUT2D eigenvalue weighted by molar-refractivity contribution is 5.95. The van der Waals surface area contributed by atoms with Crippen LogP contribution < -0.4 is 5.32 Å². The first kappa shape index (κ1) is 20.5. The molecule has 2 aliphatic rings. The third-order valence-corrected chi connectivity index (χ3v) is 6.70. The van der Waals surface area contributed by atoms with Crippen molar-refractivity contribution in [3.63, 3.8) is 0 Å². The van der Waals surface area contributed by atoms with Crippen LogP contribution in [0.3, 0.4) is 0 Å². The van der Waals surface area contributed by atoms with Gasteiger partial charge in [-0.2, -0.15) is 0 Å². The largest absolute Gasteiger partial charge is 0.356 e. The Kier molecular flexibility index (Phi) is 5.76. The van der Waals surface area contributed by atoms with Gasteiger partial charge in [-0.1, -0.05) is 60.7 Å². The van der Waals surface area contributed by atoms with E-state index in [1.54, 1.807) is 0 Å². The van der Waals surface area contributed by atoms with Crippen molar-refractivity contribution in [1.82, 2.24) is 10.2 Å². The number of hydrogen-bond donors (Lipinski definition) is 1. The molecule has 4 heteroatoms. The fourth-order valence-electron chi connectivity index (χ4n) is 4.83. The monoisotopic (exact) mass is 424 g/mol. The van der Waals surface area contributed by atoms with Gasteiger partial charge in [0, 0.05) is 31.1 Å². The Morgan fingerprint density at radius 2 is 1.75 bits per heavy atom. The van der Waals surface area contributed by atoms with Crippen LogP contribution in [0.4, 0.5) is 0 Å². The number of rotatable bonds is 4. The van der Waals surface area contributed by atoms with Gasteiger partial charge in [0.1, 0.15) is 0 Å². The second-order valence-corrected chi connectivity index (χ2v) is 8.86. The first-order valence-electron chi connectivity index (χ1n) is 11.5. The van der Waals surface area contributed by atoms with E-state index in [-0.39, 0.29) is 17.7 Å². The Hall–Kier alpha value is -3.40. The van der Waals surface area contributed by atoms with Crippen LogP contribution in [-0.2, 0) is 24.2 Å². The van der Waals surface area contributed by atoms with E-state index in [0.717, 1.165) is 55.5 Å². The van der Waals surface area contributed by atoms with E-state index >= 15 is 0 Å². The van der Waals surface area contributed by atoms with Crippen molar-refractivity contribution in [3.05, 3.63) is 95.1 Å². The summed E-state index contributed by atoms with van der Waals surface area (Å²) in [4.78, 5) is 27.2. The molecule has 32 heavy (non-hydrogen) atoms. The van der Waals surface area contributed by atoms with E-state index in [0.29, 0.717) is 6.54 Å². The third-order valence-electron chi connectivity index (χ3n) is 6.70. The van der Waals surface area contributed by atoms with Gasteiger partial charge in [-0.15, -0.1) is 0 Å². The number of benzene rings is 3. The second kappa shape index (κ2) is 8.99. The molecule has 1 saturated heterocycles. The van der Waals surface area contributed by atoms with Crippen molar-refractivity contribution in [1.29, 1.82) is 0 Å². The Labute approximate surface area is 189 Å². The van der Waals surface area contributed by atoms with Crippen LogP contribution in [-0.4, -0.2) is 29.8 Å². The van der Waals surface area contributed by atoms with Crippen LogP contribution in [0.1, 0.15) is 39.9 Å². The molecule has 0 saturated carbocycles. The summed E-state index contributed by atoms with van der Waals surface area (Å²) < 4.78 is 0. The Bertz CT molecular complexity index is 1140. The minimum absolute atomic E-state index is 0.0743. The molecule has 0 aliphatic carbocycles. The zero-order valence-corrected chi connectivity index (χ0v) is 18.2. The van der Waals surface area contributed by atoms with E-state index < -0.39 is 0 Å². The summed E-state index contributed by atoms with van der Waals surface area (Å²) in [7, 11) is 0. The first-order valence-corrected chi connectivity index (χ1v) is 11.5. The summed E-state index contributed by atoms with van der Waals surface area (Å²) in [6, 6.07) is 24.7. The number of carbonyl (C=O) groups is 2. The quantitative estimate of drug-likeness (QED) is 0.664. The average Bonchev–Trinajstić information content (AvgIpc) is 2.85. The molecule has 1 fully saturated rings. The highest BCUT2D eigenvalue weighted by Gasteiger charge is 2.23. The Morgan fingerprint density at radius 1 is 0.938 bits per heavy atom. The van der Waals surface area contributed by atoms with Gasteiger partial charge in [0.2, 0.25) is 5.91 Å². The summed E-state index contributed by atoms with van der Waals surface area (Å²) >= 11 is 0. The number of nitrogens with one attached hydrogen (secondary N) is 1. The lowest BCUT2D eigenvalue weighted by atomic mass is 9.91. The lowest BCUT2D eigenvalue weighted by molar-refractivity contribution is -0.126. The van der Waals surface area contributed by atoms with Crippen molar-refractivity contribution < 1.29 is 9.59 Å². The van der Waals surface area contributed by atoms with Gasteiger partial charge >= 0.3 is 0 Å². The summed E-state index contributed by atoms with van der Waals surface area (Å²) in [6.45, 7) is 2.22. The maximum absolute atomic E-state index is 13.2. The molecule has 1 atom stereocenters. The number of nitrogens with zero attached hydrogens (tertiary/aromatic N) is 1. The number of fused-ring (bicyclic) bond motifs is 1. The van der Waals surface area contributed by atoms with E-state index in [4.69, 9.17) is 0 Å². The summed E-state index contributed by atoms with van der Waals surface area (Å²) in [5.74, 6) is 0.332. The average molecular weight is 425 g/mol. The molecule has 4 nitrogen and oxygen atoms in total. The van der Waals surface area contributed by atoms with Crippen LogP contribution in [0.2, 0.25) is 0 Å². The summed E-state index contributed by atoms with van der Waals surface area (Å²) in [6.07, 6.45) is 3.69. The van der Waals surface area contributed by atoms with Crippen molar-refractivity contribution in [3.8, 4) is 11.1 Å². The molecule has 3 aromatic rings. The van der Waals surface area contributed by atoms with E-state index in [1.807, 2.05) is 35.2 Å². The molecule has 5 rings (SSSR count). The number of carbonyl (C=O) groups excluding carboxylic acids is 2. The summed E-state index contributed by atoms with van der Waals surface area (Å²) in [5.41, 5.74) is 6.61. The molecule has 1 N–H and O–H groups in total. The molecule has 2 heterocycles. The molecule has 3 aromatic carbocycles. The standard InChI is InChI=1S/C28H28N2O2/c31-27-24(9-4-15-29-27)17-20-10-12-22(13-11-20)23-7-3-8-25(18-23)28(32)30-16-14-21-5-1-2-6-26(21)19-30/h1-3,5-8,10-13,18,24H,4,9,14-17,19H2,(H,29,31)/t24-/m0/s1. The zero-order chi connectivity index (χ0) is 21.9. The third kappa shape index (κ3) is 4.31. The molecular formula is C28H28N2O2. The minimum Gasteiger partial charge on any atom is -0.356 e. The first-order chi connectivity index (χ1) is 15.7. The van der Waals surface area contributed by atoms with E-state index in [1.165, 1.54) is 16.7 Å². The van der Waals surface area contributed by atoms with Crippen molar-refractivity contribution in [2.45, 2.75) is 32.2 Å². The molecule has 0 spiro atoms. The van der Waals surface area contributed by atoms with Gasteiger partial charge in [-0.3, -0.25) is 9.59 Å².